The summed E-state index contributed by atoms with van der Waals surface area (Å²) < 4.78 is 6.64. The molecule has 2 atom stereocenters. The Labute approximate surface area is 279 Å². The predicted molar refractivity (Wildman–Crippen MR) is 186 cm³/mol. The minimum atomic E-state index is -0.922. The van der Waals surface area contributed by atoms with Crippen molar-refractivity contribution in [2.75, 3.05) is 18.5 Å². The maximum atomic E-state index is 13.1. The number of hydrogen-bond donors (Lipinski definition) is 2. The number of amides is 2. The van der Waals surface area contributed by atoms with Gasteiger partial charge < -0.3 is 15.2 Å². The van der Waals surface area contributed by atoms with E-state index in [1.54, 1.807) is 18.1 Å². The molecule has 0 fully saturated rings. The first-order chi connectivity index (χ1) is 22.7. The highest BCUT2D eigenvalue weighted by Gasteiger charge is 2.26. The van der Waals surface area contributed by atoms with Gasteiger partial charge in [0.05, 0.1) is 28.1 Å². The number of anilines is 1. The second-order valence-corrected chi connectivity index (χ2v) is 12.8. The minimum absolute atomic E-state index is 0.0763. The standard InChI is InChI=1S/C37H41N5O4S/c1-25-11-10-12-26(2)31(25)24-46-37(45)40-33(19-28-13-6-5-7-14-28)34(44)23-42(22-30-15-8-9-18-38-30)21-29-16-17-32-35(20-29)47-36(39-32)41(4)27(3)43/h5-18,20,33-34,44H,19,21-24H2,1-4H3,(H,40,45). The molecule has 2 heterocycles. The van der Waals surface area contributed by atoms with E-state index >= 15 is 0 Å². The van der Waals surface area contributed by atoms with E-state index in [1.165, 1.54) is 18.3 Å². The molecule has 5 rings (SSSR count). The van der Waals surface area contributed by atoms with Gasteiger partial charge in [0.25, 0.3) is 0 Å². The number of aromatic nitrogens is 2. The van der Waals surface area contributed by atoms with Gasteiger partial charge in [-0.3, -0.25) is 19.6 Å². The number of fused-ring (bicyclic) bond motifs is 1. The van der Waals surface area contributed by atoms with E-state index in [9.17, 15) is 14.7 Å². The molecule has 244 valence electrons. The van der Waals surface area contributed by atoms with Crippen molar-refractivity contribution in [2.45, 2.75) is 59.0 Å². The van der Waals surface area contributed by atoms with Gasteiger partial charge in [-0.25, -0.2) is 9.78 Å². The third-order valence-corrected chi connectivity index (χ3v) is 9.32. The van der Waals surface area contributed by atoms with Crippen LogP contribution in [0.25, 0.3) is 10.2 Å². The molecule has 2 aromatic heterocycles. The maximum absolute atomic E-state index is 13.1. The summed E-state index contributed by atoms with van der Waals surface area (Å²) in [4.78, 5) is 37.8. The van der Waals surface area contributed by atoms with Crippen LogP contribution in [0.2, 0.25) is 0 Å². The number of aryl methyl sites for hydroxylation is 2. The summed E-state index contributed by atoms with van der Waals surface area (Å²) in [6.07, 6.45) is 0.684. The molecule has 10 heteroatoms. The van der Waals surface area contributed by atoms with Crippen LogP contribution in [0.1, 0.15) is 40.4 Å². The minimum Gasteiger partial charge on any atom is -0.445 e. The highest BCUT2D eigenvalue weighted by molar-refractivity contribution is 7.22. The zero-order valence-electron chi connectivity index (χ0n) is 27.2. The van der Waals surface area contributed by atoms with Crippen LogP contribution < -0.4 is 10.2 Å². The van der Waals surface area contributed by atoms with Crippen molar-refractivity contribution >= 4 is 38.7 Å². The number of hydrogen-bond acceptors (Lipinski definition) is 8. The first-order valence-corrected chi connectivity index (χ1v) is 16.4. The van der Waals surface area contributed by atoms with Crippen LogP contribution in [0.5, 0.6) is 0 Å². The lowest BCUT2D eigenvalue weighted by Gasteiger charge is -2.30. The van der Waals surface area contributed by atoms with Crippen molar-refractivity contribution in [1.29, 1.82) is 0 Å². The van der Waals surface area contributed by atoms with Crippen molar-refractivity contribution in [1.82, 2.24) is 20.2 Å². The van der Waals surface area contributed by atoms with Crippen molar-refractivity contribution in [3.63, 3.8) is 0 Å². The van der Waals surface area contributed by atoms with Crippen LogP contribution in [0.3, 0.4) is 0 Å². The second-order valence-electron chi connectivity index (χ2n) is 11.8. The van der Waals surface area contributed by atoms with E-state index in [0.29, 0.717) is 24.6 Å². The zero-order chi connectivity index (χ0) is 33.3. The van der Waals surface area contributed by atoms with Gasteiger partial charge in [-0.2, -0.15) is 0 Å². The Balaban J connectivity index is 1.35. The fourth-order valence-corrected chi connectivity index (χ4v) is 6.48. The second kappa shape index (κ2) is 15.8. The molecule has 3 aromatic carbocycles. The number of ether oxygens (including phenoxy) is 1. The van der Waals surface area contributed by atoms with Gasteiger partial charge in [-0.05, 0) is 72.4 Å². The van der Waals surface area contributed by atoms with Crippen molar-refractivity contribution in [3.8, 4) is 0 Å². The summed E-state index contributed by atoms with van der Waals surface area (Å²) in [5.74, 6) is -0.0763. The van der Waals surface area contributed by atoms with Crippen LogP contribution in [0.15, 0.2) is 91.1 Å². The Bertz CT molecular complexity index is 1780. The van der Waals surface area contributed by atoms with Crippen LogP contribution in [0.4, 0.5) is 9.93 Å². The summed E-state index contributed by atoms with van der Waals surface area (Å²) in [7, 11) is 1.72. The van der Waals surface area contributed by atoms with Gasteiger partial charge in [-0.15, -0.1) is 0 Å². The lowest BCUT2D eigenvalue weighted by Crippen LogP contribution is -2.49. The molecule has 5 aromatic rings. The number of thiazole rings is 1. The maximum Gasteiger partial charge on any atom is 0.407 e. The smallest absolute Gasteiger partial charge is 0.407 e. The molecule has 0 aliphatic rings. The number of benzene rings is 3. The molecule has 0 radical (unpaired) electrons. The fourth-order valence-electron chi connectivity index (χ4n) is 5.45. The molecular weight excluding hydrogens is 611 g/mol. The van der Waals surface area contributed by atoms with E-state index in [1.807, 2.05) is 92.7 Å². The molecular formula is C37H41N5O4S. The van der Waals surface area contributed by atoms with E-state index in [-0.39, 0.29) is 19.1 Å². The van der Waals surface area contributed by atoms with Gasteiger partial charge in [-0.1, -0.05) is 72.0 Å². The summed E-state index contributed by atoms with van der Waals surface area (Å²) in [5.41, 5.74) is 6.80. The number of rotatable bonds is 13. The first-order valence-electron chi connectivity index (χ1n) is 15.6. The van der Waals surface area contributed by atoms with Crippen LogP contribution in [-0.2, 0) is 35.6 Å². The fraction of sp³-hybridized carbons (Fsp3) is 0.297. The van der Waals surface area contributed by atoms with E-state index < -0.39 is 18.2 Å². The van der Waals surface area contributed by atoms with Crippen molar-refractivity contribution < 1.29 is 19.4 Å². The lowest BCUT2D eigenvalue weighted by molar-refractivity contribution is -0.116. The molecule has 0 aliphatic heterocycles. The largest absolute Gasteiger partial charge is 0.445 e. The third-order valence-electron chi connectivity index (χ3n) is 8.22. The highest BCUT2D eigenvalue weighted by Crippen LogP contribution is 2.29. The molecule has 2 N–H and O–H groups in total. The van der Waals surface area contributed by atoms with Crippen LogP contribution in [-0.4, -0.2) is 57.7 Å². The van der Waals surface area contributed by atoms with Crippen LogP contribution in [0, 0.1) is 13.8 Å². The van der Waals surface area contributed by atoms with E-state index in [2.05, 4.69) is 26.3 Å². The van der Waals surface area contributed by atoms with Gasteiger partial charge in [0.2, 0.25) is 5.91 Å². The topological polar surface area (TPSA) is 108 Å². The van der Waals surface area contributed by atoms with Crippen LogP contribution >= 0.6 is 11.3 Å². The molecule has 0 bridgehead atoms. The quantitative estimate of drug-likeness (QED) is 0.156. The van der Waals surface area contributed by atoms with E-state index in [4.69, 9.17) is 4.74 Å². The number of aliphatic hydroxyl groups excluding tert-OH is 1. The molecule has 0 saturated carbocycles. The average Bonchev–Trinajstić information content (AvgIpc) is 3.48. The van der Waals surface area contributed by atoms with Gasteiger partial charge in [0.15, 0.2) is 5.13 Å². The van der Waals surface area contributed by atoms with E-state index in [0.717, 1.165) is 43.7 Å². The Hall–Kier alpha value is -4.64. The number of nitrogens with one attached hydrogen (secondary N) is 1. The zero-order valence-corrected chi connectivity index (χ0v) is 28.0. The normalized spacial score (nSPS) is 12.6. The number of carbonyl (C=O) groups is 2. The highest BCUT2D eigenvalue weighted by atomic mass is 32.1. The SMILES string of the molecule is CC(=O)N(C)c1nc2ccc(CN(Cc3ccccn3)CC(O)C(Cc3ccccc3)NC(=O)OCc3c(C)cccc3C)cc2s1. The predicted octanol–water partition coefficient (Wildman–Crippen LogP) is 6.19. The van der Waals surface area contributed by atoms with Crippen molar-refractivity contribution in [3.05, 3.63) is 125 Å². The van der Waals surface area contributed by atoms with Gasteiger partial charge in [0.1, 0.15) is 6.61 Å². The molecule has 0 saturated heterocycles. The lowest BCUT2D eigenvalue weighted by atomic mass is 10.0. The number of aliphatic hydroxyl groups is 1. The molecule has 2 amide bonds. The molecule has 0 spiro atoms. The number of nitrogens with zero attached hydrogens (tertiary/aromatic N) is 4. The monoisotopic (exact) mass is 651 g/mol. The summed E-state index contributed by atoms with van der Waals surface area (Å²) in [6, 6.07) is 27.0. The molecule has 2 unspecified atom stereocenters. The molecule has 0 aliphatic carbocycles. The third kappa shape index (κ3) is 9.22. The Kier molecular flexibility index (Phi) is 11.3. The van der Waals surface area contributed by atoms with Crippen molar-refractivity contribution in [2.24, 2.45) is 0 Å². The molecule has 47 heavy (non-hydrogen) atoms. The Morgan fingerprint density at radius 2 is 1.68 bits per heavy atom. The number of pyridine rings is 1. The Morgan fingerprint density at radius 1 is 0.936 bits per heavy atom. The van der Waals surface area contributed by atoms with Gasteiger partial charge >= 0.3 is 6.09 Å². The molecule has 9 nitrogen and oxygen atoms in total. The summed E-state index contributed by atoms with van der Waals surface area (Å²) >= 11 is 1.46. The van der Waals surface area contributed by atoms with Gasteiger partial charge in [0, 0.05) is 39.8 Å². The average molecular weight is 652 g/mol. The summed E-state index contributed by atoms with van der Waals surface area (Å²) in [6.45, 7) is 6.94. The summed E-state index contributed by atoms with van der Waals surface area (Å²) in [5, 5.41) is 15.3. The number of alkyl carbamates (subject to hydrolysis) is 1. The Morgan fingerprint density at radius 3 is 2.38 bits per heavy atom. The first kappa shape index (κ1) is 33.7. The number of carbonyl (C=O) groups excluding carboxylic acids is 2.